The molecule has 0 unspecified atom stereocenters. The van der Waals surface area contributed by atoms with Gasteiger partial charge < -0.3 is 15.2 Å². The molecule has 21 heavy (non-hydrogen) atoms. The third-order valence-electron chi connectivity index (χ3n) is 3.54. The smallest absolute Gasteiger partial charge is 0.191 e. The highest BCUT2D eigenvalue weighted by molar-refractivity contribution is 5.79. The van der Waals surface area contributed by atoms with E-state index in [1.54, 1.807) is 0 Å². The Labute approximate surface area is 128 Å². The average Bonchev–Trinajstić information content (AvgIpc) is 2.95. The fraction of sp³-hybridized carbons (Fsp3) is 0.750. The zero-order chi connectivity index (χ0) is 15.5. The molecule has 0 aliphatic rings. The molecule has 1 rings (SSSR count). The lowest BCUT2D eigenvalue weighted by atomic mass is 9.99. The summed E-state index contributed by atoms with van der Waals surface area (Å²) < 4.78 is 5.39. The first-order valence-electron chi connectivity index (χ1n) is 8.22. The molecule has 120 valence electrons. The molecule has 0 radical (unpaired) electrons. The summed E-state index contributed by atoms with van der Waals surface area (Å²) in [6.45, 7) is 10.9. The summed E-state index contributed by atoms with van der Waals surface area (Å²) in [4.78, 5) is 4.54. The maximum Gasteiger partial charge on any atom is 0.191 e. The van der Waals surface area contributed by atoms with Gasteiger partial charge in [-0.15, -0.1) is 0 Å². The van der Waals surface area contributed by atoms with Crippen LogP contribution in [0.25, 0.3) is 0 Å². The van der Waals surface area contributed by atoms with Crippen LogP contribution in [0.2, 0.25) is 0 Å². The first-order chi connectivity index (χ1) is 10.2. The minimum atomic E-state index is 0.488. The van der Waals surface area contributed by atoms with Gasteiger partial charge >= 0.3 is 0 Å². The Kier molecular flexibility index (Phi) is 8.55. The summed E-state index contributed by atoms with van der Waals surface area (Å²) >= 11 is 0. The molecule has 1 aromatic rings. The lowest BCUT2D eigenvalue weighted by Gasteiger charge is -2.09. The van der Waals surface area contributed by atoms with Gasteiger partial charge in [0.15, 0.2) is 11.7 Å². The van der Waals surface area contributed by atoms with E-state index in [0.717, 1.165) is 49.8 Å². The molecule has 0 aliphatic carbocycles. The van der Waals surface area contributed by atoms with E-state index < -0.39 is 0 Å². The average molecular weight is 294 g/mol. The van der Waals surface area contributed by atoms with Gasteiger partial charge in [-0.05, 0) is 26.2 Å². The third kappa shape index (κ3) is 6.19. The summed E-state index contributed by atoms with van der Waals surface area (Å²) in [6, 6.07) is 2.04. The molecule has 0 spiro atoms. The number of nitrogens with one attached hydrogen (secondary N) is 2. The molecule has 0 bridgehead atoms. The van der Waals surface area contributed by atoms with Crippen molar-refractivity contribution in [1.29, 1.82) is 0 Å². The van der Waals surface area contributed by atoms with Crippen molar-refractivity contribution in [3.8, 4) is 0 Å². The topological polar surface area (TPSA) is 62.5 Å². The van der Waals surface area contributed by atoms with E-state index in [-0.39, 0.29) is 0 Å². The first kappa shape index (κ1) is 17.5. The van der Waals surface area contributed by atoms with Crippen molar-refractivity contribution in [3.05, 3.63) is 17.5 Å². The number of hydrogen-bond acceptors (Lipinski definition) is 3. The molecular weight excluding hydrogens is 264 g/mol. The lowest BCUT2D eigenvalue weighted by Crippen LogP contribution is -2.37. The maximum atomic E-state index is 5.39. The predicted octanol–water partition coefficient (Wildman–Crippen LogP) is 3.43. The van der Waals surface area contributed by atoms with E-state index in [1.807, 2.05) is 6.07 Å². The van der Waals surface area contributed by atoms with Crippen LogP contribution >= 0.6 is 0 Å². The summed E-state index contributed by atoms with van der Waals surface area (Å²) in [5, 5.41) is 10.7. The lowest BCUT2D eigenvalue weighted by molar-refractivity contribution is 0.372. The van der Waals surface area contributed by atoms with E-state index in [4.69, 9.17) is 4.52 Å². The Balaban J connectivity index is 2.58. The Morgan fingerprint density at radius 2 is 2.00 bits per heavy atom. The van der Waals surface area contributed by atoms with Crippen molar-refractivity contribution in [2.45, 2.75) is 65.8 Å². The van der Waals surface area contributed by atoms with Gasteiger partial charge in [0.25, 0.3) is 0 Å². The van der Waals surface area contributed by atoms with E-state index >= 15 is 0 Å². The SMILES string of the molecule is CCCCNC(=NCc1cc(C(CC)CC)no1)NCC. The molecule has 0 aromatic carbocycles. The fourth-order valence-corrected chi connectivity index (χ4v) is 2.19. The fourth-order valence-electron chi connectivity index (χ4n) is 2.19. The van der Waals surface area contributed by atoms with Crippen LogP contribution in [0.3, 0.4) is 0 Å². The van der Waals surface area contributed by atoms with Gasteiger partial charge in [0.2, 0.25) is 0 Å². The minimum absolute atomic E-state index is 0.488. The van der Waals surface area contributed by atoms with Crippen LogP contribution in [0.15, 0.2) is 15.6 Å². The van der Waals surface area contributed by atoms with Gasteiger partial charge in [-0.1, -0.05) is 32.3 Å². The van der Waals surface area contributed by atoms with Crippen LogP contribution in [0, 0.1) is 0 Å². The monoisotopic (exact) mass is 294 g/mol. The maximum absolute atomic E-state index is 5.39. The van der Waals surface area contributed by atoms with Crippen LogP contribution in [0.1, 0.15) is 70.8 Å². The number of aromatic nitrogens is 1. The van der Waals surface area contributed by atoms with Crippen molar-refractivity contribution in [3.63, 3.8) is 0 Å². The van der Waals surface area contributed by atoms with Crippen molar-refractivity contribution >= 4 is 5.96 Å². The van der Waals surface area contributed by atoms with E-state index in [1.165, 1.54) is 6.42 Å². The molecular formula is C16H30N4O. The third-order valence-corrected chi connectivity index (χ3v) is 3.54. The number of unbranched alkanes of at least 4 members (excludes halogenated alkanes) is 1. The van der Waals surface area contributed by atoms with Gasteiger partial charge in [0.1, 0.15) is 6.54 Å². The standard InChI is InChI=1S/C16H30N4O/c1-5-9-10-18-16(17-8-4)19-12-14-11-15(20-21-14)13(6-2)7-3/h11,13H,5-10,12H2,1-4H3,(H2,17,18,19). The molecule has 0 fully saturated rings. The largest absolute Gasteiger partial charge is 0.359 e. The van der Waals surface area contributed by atoms with E-state index in [9.17, 15) is 0 Å². The van der Waals surface area contributed by atoms with Crippen LogP contribution in [-0.2, 0) is 6.54 Å². The normalized spacial score (nSPS) is 12.0. The number of hydrogen-bond donors (Lipinski definition) is 2. The van der Waals surface area contributed by atoms with Crippen LogP contribution < -0.4 is 10.6 Å². The Hall–Kier alpha value is -1.52. The molecule has 0 atom stereocenters. The molecule has 1 aromatic heterocycles. The second-order valence-electron chi connectivity index (χ2n) is 5.21. The van der Waals surface area contributed by atoms with Crippen molar-refractivity contribution in [2.75, 3.05) is 13.1 Å². The van der Waals surface area contributed by atoms with Crippen LogP contribution in [0.4, 0.5) is 0 Å². The molecule has 0 amide bonds. The van der Waals surface area contributed by atoms with E-state index in [0.29, 0.717) is 12.5 Å². The van der Waals surface area contributed by atoms with Crippen LogP contribution in [-0.4, -0.2) is 24.2 Å². The molecule has 0 aliphatic heterocycles. The molecule has 0 saturated heterocycles. The zero-order valence-corrected chi connectivity index (χ0v) is 13.9. The second kappa shape index (κ2) is 10.2. The quantitative estimate of drug-likeness (QED) is 0.416. The number of aliphatic imine (C=N–C) groups is 1. The molecule has 2 N–H and O–H groups in total. The minimum Gasteiger partial charge on any atom is -0.359 e. The highest BCUT2D eigenvalue weighted by atomic mass is 16.5. The molecule has 0 saturated carbocycles. The Morgan fingerprint density at radius 3 is 2.62 bits per heavy atom. The van der Waals surface area contributed by atoms with Crippen molar-refractivity contribution in [2.24, 2.45) is 4.99 Å². The van der Waals surface area contributed by atoms with E-state index in [2.05, 4.69) is 48.5 Å². The second-order valence-corrected chi connectivity index (χ2v) is 5.21. The highest BCUT2D eigenvalue weighted by Gasteiger charge is 2.12. The summed E-state index contributed by atoms with van der Waals surface area (Å²) in [5.74, 6) is 2.15. The number of rotatable bonds is 9. The van der Waals surface area contributed by atoms with Gasteiger partial charge in [-0.25, -0.2) is 4.99 Å². The first-order valence-corrected chi connectivity index (χ1v) is 8.22. The number of guanidine groups is 1. The van der Waals surface area contributed by atoms with Gasteiger partial charge in [0.05, 0.1) is 5.69 Å². The summed E-state index contributed by atoms with van der Waals surface area (Å²) in [7, 11) is 0. The Morgan fingerprint density at radius 1 is 1.24 bits per heavy atom. The summed E-state index contributed by atoms with van der Waals surface area (Å²) in [6.07, 6.45) is 4.50. The van der Waals surface area contributed by atoms with Crippen molar-refractivity contribution < 1.29 is 4.52 Å². The predicted molar refractivity (Wildman–Crippen MR) is 87.6 cm³/mol. The summed E-state index contributed by atoms with van der Waals surface area (Å²) in [5.41, 5.74) is 1.05. The molecule has 1 heterocycles. The van der Waals surface area contributed by atoms with Crippen LogP contribution in [0.5, 0.6) is 0 Å². The van der Waals surface area contributed by atoms with Gasteiger partial charge in [-0.2, -0.15) is 0 Å². The zero-order valence-electron chi connectivity index (χ0n) is 13.9. The molecule has 5 heteroatoms. The molecule has 5 nitrogen and oxygen atoms in total. The highest BCUT2D eigenvalue weighted by Crippen LogP contribution is 2.22. The van der Waals surface area contributed by atoms with Gasteiger partial charge in [0, 0.05) is 25.1 Å². The number of nitrogens with zero attached hydrogens (tertiary/aromatic N) is 2. The van der Waals surface area contributed by atoms with Crippen molar-refractivity contribution in [1.82, 2.24) is 15.8 Å². The van der Waals surface area contributed by atoms with Gasteiger partial charge in [-0.3, -0.25) is 0 Å². The Bertz CT molecular complexity index is 410.